The van der Waals surface area contributed by atoms with Gasteiger partial charge >= 0.3 is 0 Å². The van der Waals surface area contributed by atoms with Crippen LogP contribution in [0.3, 0.4) is 0 Å². The van der Waals surface area contributed by atoms with Crippen molar-refractivity contribution >= 4 is 23.5 Å². The molecule has 0 fully saturated rings. The van der Waals surface area contributed by atoms with Crippen LogP contribution < -0.4 is 5.56 Å². The summed E-state index contributed by atoms with van der Waals surface area (Å²) in [5, 5.41) is 0.881. The van der Waals surface area contributed by atoms with E-state index in [0.29, 0.717) is 6.54 Å². The molecule has 1 aromatic rings. The van der Waals surface area contributed by atoms with Gasteiger partial charge in [-0.2, -0.15) is 0 Å². The average Bonchev–Trinajstić information content (AvgIpc) is 2.67. The molecular weight excluding hydrogens is 228 g/mol. The Hall–Kier alpha value is -0.420. The second kappa shape index (κ2) is 4.61. The van der Waals surface area contributed by atoms with Crippen LogP contribution in [0, 0.1) is 0 Å². The molecule has 15 heavy (non-hydrogen) atoms. The van der Waals surface area contributed by atoms with Crippen LogP contribution in [0.1, 0.15) is 19.5 Å². The molecule has 0 saturated carbocycles. The second-order valence-corrected chi connectivity index (χ2v) is 5.59. The summed E-state index contributed by atoms with van der Waals surface area (Å²) < 4.78 is 1.78. The highest BCUT2D eigenvalue weighted by Gasteiger charge is 2.20. The number of hydrogen-bond donors (Lipinski definition) is 0. The van der Waals surface area contributed by atoms with E-state index in [0.717, 1.165) is 33.7 Å². The van der Waals surface area contributed by atoms with Crippen LogP contribution in [0.15, 0.2) is 14.8 Å². The normalized spacial score (nSPS) is 14.3. The van der Waals surface area contributed by atoms with E-state index in [-0.39, 0.29) is 5.56 Å². The third kappa shape index (κ3) is 1.95. The van der Waals surface area contributed by atoms with Gasteiger partial charge < -0.3 is 0 Å². The maximum atomic E-state index is 12.1. The van der Waals surface area contributed by atoms with E-state index in [1.54, 1.807) is 28.1 Å². The lowest BCUT2D eigenvalue weighted by Gasteiger charge is -2.10. The molecule has 1 aromatic heterocycles. The highest BCUT2D eigenvalue weighted by atomic mass is 32.2. The summed E-state index contributed by atoms with van der Waals surface area (Å²) >= 11 is 3.29. The van der Waals surface area contributed by atoms with Crippen LogP contribution in [0.5, 0.6) is 0 Å². The molecule has 0 spiro atoms. The van der Waals surface area contributed by atoms with Gasteiger partial charge in [-0.25, -0.2) is 4.98 Å². The molecule has 3 nitrogen and oxygen atoms in total. The van der Waals surface area contributed by atoms with E-state index in [4.69, 9.17) is 0 Å². The van der Waals surface area contributed by atoms with Gasteiger partial charge in [0.1, 0.15) is 0 Å². The predicted octanol–water partition coefficient (Wildman–Crippen LogP) is 2.02. The Kier molecular flexibility index (Phi) is 3.41. The van der Waals surface area contributed by atoms with Crippen molar-refractivity contribution in [1.29, 1.82) is 0 Å². The van der Waals surface area contributed by atoms with E-state index in [1.165, 1.54) is 0 Å². The highest BCUT2D eigenvalue weighted by Crippen LogP contribution is 2.28. The van der Waals surface area contributed by atoms with Crippen molar-refractivity contribution in [3.05, 3.63) is 16.0 Å². The molecule has 0 aliphatic carbocycles. The minimum atomic E-state index is 0.154. The molecule has 0 aromatic carbocycles. The van der Waals surface area contributed by atoms with Gasteiger partial charge in [-0.15, -0.1) is 11.8 Å². The predicted molar refractivity (Wildman–Crippen MR) is 65.0 cm³/mol. The average molecular weight is 242 g/mol. The van der Waals surface area contributed by atoms with Gasteiger partial charge in [0.2, 0.25) is 0 Å². The Morgan fingerprint density at radius 1 is 1.53 bits per heavy atom. The van der Waals surface area contributed by atoms with E-state index >= 15 is 0 Å². The highest BCUT2D eigenvalue weighted by molar-refractivity contribution is 7.99. The summed E-state index contributed by atoms with van der Waals surface area (Å²) in [6.45, 7) is 4.79. The van der Waals surface area contributed by atoms with Crippen LogP contribution in [-0.2, 0) is 13.0 Å². The molecule has 0 bridgehead atoms. The smallest absolute Gasteiger partial charge is 0.268 e. The van der Waals surface area contributed by atoms with Crippen LogP contribution in [0.25, 0.3) is 0 Å². The van der Waals surface area contributed by atoms with Gasteiger partial charge in [0.15, 0.2) is 5.16 Å². The Morgan fingerprint density at radius 2 is 2.33 bits per heavy atom. The third-order valence-electron chi connectivity index (χ3n) is 2.34. The maximum Gasteiger partial charge on any atom is 0.268 e. The molecule has 2 heterocycles. The number of fused-ring (bicyclic) bond motifs is 1. The number of aromatic nitrogens is 2. The molecule has 1 aliphatic heterocycles. The van der Waals surface area contributed by atoms with Crippen molar-refractivity contribution in [1.82, 2.24) is 9.55 Å². The largest absolute Gasteiger partial charge is 0.287 e. The Bertz CT molecular complexity index is 428. The maximum absolute atomic E-state index is 12.1. The molecule has 2 rings (SSSR count). The fourth-order valence-electron chi connectivity index (χ4n) is 1.64. The molecule has 0 amide bonds. The van der Waals surface area contributed by atoms with Crippen LogP contribution in [0.2, 0.25) is 0 Å². The first-order valence-electron chi connectivity index (χ1n) is 5.17. The van der Waals surface area contributed by atoms with Gasteiger partial charge in [0, 0.05) is 18.7 Å². The standard InChI is InChI=1S/C10H14N2OS2/c1-3-12-9(13)8-7(5-6-15-8)11-10(12)14-4-2/h3-6H2,1-2H3. The van der Waals surface area contributed by atoms with Gasteiger partial charge in [-0.05, 0) is 12.7 Å². The molecule has 82 valence electrons. The Labute approximate surface area is 97.7 Å². The lowest BCUT2D eigenvalue weighted by atomic mass is 10.3. The third-order valence-corrected chi connectivity index (χ3v) is 4.30. The lowest BCUT2D eigenvalue weighted by molar-refractivity contribution is 0.597. The van der Waals surface area contributed by atoms with Crippen molar-refractivity contribution in [2.45, 2.75) is 36.9 Å². The van der Waals surface area contributed by atoms with Crippen molar-refractivity contribution in [3.8, 4) is 0 Å². The molecule has 0 radical (unpaired) electrons. The molecule has 0 N–H and O–H groups in total. The zero-order chi connectivity index (χ0) is 10.8. The topological polar surface area (TPSA) is 34.9 Å². The summed E-state index contributed by atoms with van der Waals surface area (Å²) in [6, 6.07) is 0. The number of aryl methyl sites for hydroxylation is 1. The van der Waals surface area contributed by atoms with E-state index in [2.05, 4.69) is 11.9 Å². The number of rotatable bonds is 3. The van der Waals surface area contributed by atoms with Crippen LogP contribution >= 0.6 is 23.5 Å². The van der Waals surface area contributed by atoms with Crippen molar-refractivity contribution < 1.29 is 0 Å². The summed E-state index contributed by atoms with van der Waals surface area (Å²) in [7, 11) is 0. The number of thioether (sulfide) groups is 2. The van der Waals surface area contributed by atoms with Crippen LogP contribution in [0.4, 0.5) is 0 Å². The fourth-order valence-corrected chi connectivity index (χ4v) is 3.49. The molecule has 0 unspecified atom stereocenters. The summed E-state index contributed by atoms with van der Waals surface area (Å²) in [6.07, 6.45) is 0.942. The van der Waals surface area contributed by atoms with Crippen molar-refractivity contribution in [2.24, 2.45) is 0 Å². The fraction of sp³-hybridized carbons (Fsp3) is 0.600. The van der Waals surface area contributed by atoms with Gasteiger partial charge in [0.25, 0.3) is 5.56 Å². The zero-order valence-electron chi connectivity index (χ0n) is 8.95. The van der Waals surface area contributed by atoms with Crippen LogP contribution in [-0.4, -0.2) is 21.1 Å². The van der Waals surface area contributed by atoms with E-state index in [1.807, 2.05) is 6.92 Å². The second-order valence-electron chi connectivity index (χ2n) is 3.25. The Balaban J connectivity index is 2.56. The number of hydrogen-bond acceptors (Lipinski definition) is 4. The summed E-state index contributed by atoms with van der Waals surface area (Å²) in [5.74, 6) is 1.96. The Morgan fingerprint density at radius 3 is 3.00 bits per heavy atom. The first kappa shape index (κ1) is 11.1. The minimum absolute atomic E-state index is 0.154. The van der Waals surface area contributed by atoms with Gasteiger partial charge in [-0.3, -0.25) is 9.36 Å². The minimum Gasteiger partial charge on any atom is -0.287 e. The summed E-state index contributed by atoms with van der Waals surface area (Å²) in [5.41, 5.74) is 1.16. The molecule has 0 saturated heterocycles. The molecule has 1 aliphatic rings. The summed E-state index contributed by atoms with van der Waals surface area (Å²) in [4.78, 5) is 17.5. The molecule has 5 heteroatoms. The van der Waals surface area contributed by atoms with Gasteiger partial charge in [-0.1, -0.05) is 18.7 Å². The quantitative estimate of drug-likeness (QED) is 0.600. The first-order chi connectivity index (χ1) is 7.27. The monoisotopic (exact) mass is 242 g/mol. The van der Waals surface area contributed by atoms with Gasteiger partial charge in [0.05, 0.1) is 10.6 Å². The van der Waals surface area contributed by atoms with E-state index in [9.17, 15) is 4.79 Å². The first-order valence-corrected chi connectivity index (χ1v) is 7.14. The zero-order valence-corrected chi connectivity index (χ0v) is 10.6. The molecule has 0 atom stereocenters. The SMILES string of the molecule is CCSc1nc2c(c(=O)n1CC)SCC2. The van der Waals surface area contributed by atoms with Crippen molar-refractivity contribution in [2.75, 3.05) is 11.5 Å². The lowest BCUT2D eigenvalue weighted by Crippen LogP contribution is -2.24. The molecular formula is C10H14N2OS2. The van der Waals surface area contributed by atoms with Crippen molar-refractivity contribution in [3.63, 3.8) is 0 Å². The number of nitrogens with zero attached hydrogens (tertiary/aromatic N) is 2. The van der Waals surface area contributed by atoms with E-state index < -0.39 is 0 Å².